The molecule has 2 aromatic carbocycles. The number of benzene rings is 2. The first-order chi connectivity index (χ1) is 15.7. The number of sulfonamides is 1. The number of rotatable bonds is 12. The predicted octanol–water partition coefficient (Wildman–Crippen LogP) is 2.87. The van der Waals surface area contributed by atoms with Crippen molar-refractivity contribution in [1.29, 1.82) is 0 Å². The molecule has 0 atom stereocenters. The third-order valence-electron chi connectivity index (χ3n) is 4.70. The van der Waals surface area contributed by atoms with Crippen molar-refractivity contribution in [2.75, 3.05) is 31.6 Å². The highest BCUT2D eigenvalue weighted by atomic mass is 32.2. The molecule has 0 radical (unpaired) electrons. The van der Waals surface area contributed by atoms with Crippen molar-refractivity contribution in [2.45, 2.75) is 32.1 Å². The minimum Gasteiger partial charge on any atom is -0.482 e. The molecule has 0 aliphatic rings. The molecule has 0 aliphatic heterocycles. The minimum atomic E-state index is -3.58. The molecular formula is C23H28N2O7S. The van der Waals surface area contributed by atoms with Gasteiger partial charge in [-0.2, -0.15) is 4.31 Å². The molecule has 0 aliphatic carbocycles. The number of nitrogens with one attached hydrogen (secondary N) is 1. The fourth-order valence-corrected chi connectivity index (χ4v) is 4.35. The van der Waals surface area contributed by atoms with E-state index in [2.05, 4.69) is 5.32 Å². The highest BCUT2D eigenvalue weighted by molar-refractivity contribution is 7.89. The van der Waals surface area contributed by atoms with E-state index >= 15 is 0 Å². The van der Waals surface area contributed by atoms with Crippen LogP contribution >= 0.6 is 0 Å². The molecule has 10 heteroatoms. The molecular weight excluding hydrogens is 448 g/mol. The zero-order valence-corrected chi connectivity index (χ0v) is 19.7. The van der Waals surface area contributed by atoms with Gasteiger partial charge in [-0.3, -0.25) is 9.59 Å². The third-order valence-corrected chi connectivity index (χ3v) is 6.76. The third kappa shape index (κ3) is 7.40. The molecule has 33 heavy (non-hydrogen) atoms. The minimum absolute atomic E-state index is 0.00660. The summed E-state index contributed by atoms with van der Waals surface area (Å²) in [7, 11) is -3.58. The van der Waals surface area contributed by atoms with Crippen molar-refractivity contribution in [3.05, 3.63) is 54.1 Å². The second-order valence-corrected chi connectivity index (χ2v) is 8.85. The average Bonchev–Trinajstić information content (AvgIpc) is 2.82. The number of esters is 1. The number of hydrogen-bond acceptors (Lipinski definition) is 7. The smallest absolute Gasteiger partial charge is 0.344 e. The highest BCUT2D eigenvalue weighted by Gasteiger charge is 2.21. The monoisotopic (exact) mass is 476 g/mol. The molecule has 9 nitrogen and oxygen atoms in total. The molecule has 0 unspecified atom stereocenters. The van der Waals surface area contributed by atoms with E-state index in [1.54, 1.807) is 45.0 Å². The second-order valence-electron chi connectivity index (χ2n) is 6.91. The highest BCUT2D eigenvalue weighted by Crippen LogP contribution is 2.18. The van der Waals surface area contributed by atoms with E-state index in [0.29, 0.717) is 36.5 Å². The van der Waals surface area contributed by atoms with Crippen LogP contribution in [0.15, 0.2) is 53.4 Å². The summed E-state index contributed by atoms with van der Waals surface area (Å²) >= 11 is 0. The first kappa shape index (κ1) is 26.0. The van der Waals surface area contributed by atoms with E-state index in [1.165, 1.54) is 28.6 Å². The number of nitrogens with zero attached hydrogens (tertiary/aromatic N) is 1. The number of amides is 1. The van der Waals surface area contributed by atoms with Crippen LogP contribution in [-0.4, -0.2) is 56.7 Å². The maximum atomic E-state index is 12.5. The molecule has 2 aromatic rings. The van der Waals surface area contributed by atoms with Gasteiger partial charge in [0.2, 0.25) is 10.0 Å². The summed E-state index contributed by atoms with van der Waals surface area (Å²) < 4.78 is 36.5. The normalized spacial score (nSPS) is 11.2. The Morgan fingerprint density at radius 1 is 0.879 bits per heavy atom. The average molecular weight is 477 g/mol. The molecule has 0 bridgehead atoms. The van der Waals surface area contributed by atoms with E-state index in [1.807, 2.05) is 0 Å². The van der Waals surface area contributed by atoms with Crippen molar-refractivity contribution in [3.63, 3.8) is 0 Å². The van der Waals surface area contributed by atoms with E-state index in [0.717, 1.165) is 0 Å². The number of anilines is 1. The van der Waals surface area contributed by atoms with Crippen LogP contribution < -0.4 is 10.1 Å². The van der Waals surface area contributed by atoms with Gasteiger partial charge in [0.05, 0.1) is 4.90 Å². The van der Waals surface area contributed by atoms with Gasteiger partial charge in [0.1, 0.15) is 5.75 Å². The van der Waals surface area contributed by atoms with Crippen LogP contribution in [0, 0.1) is 0 Å². The van der Waals surface area contributed by atoms with Crippen LogP contribution in [0.4, 0.5) is 5.69 Å². The molecule has 0 fully saturated rings. The summed E-state index contributed by atoms with van der Waals surface area (Å²) in [5.74, 6) is -0.916. The summed E-state index contributed by atoms with van der Waals surface area (Å²) in [6.45, 7) is 5.08. The van der Waals surface area contributed by atoms with Crippen LogP contribution in [0.25, 0.3) is 0 Å². The molecule has 0 spiro atoms. The van der Waals surface area contributed by atoms with E-state index in [9.17, 15) is 22.8 Å². The number of hydrogen-bond donors (Lipinski definition) is 1. The fourth-order valence-electron chi connectivity index (χ4n) is 2.89. The Labute approximate surface area is 193 Å². The SMILES string of the molecule is CCC(=O)c1ccc(OCC(=O)OCC(=O)Nc2ccc(S(=O)(=O)N(CC)CC)cc2)cc1. The summed E-state index contributed by atoms with van der Waals surface area (Å²) in [5.41, 5.74) is 0.926. The standard InChI is InChI=1S/C23H28N2O7S/c1-4-21(26)17-7-11-19(12-8-17)31-16-23(28)32-15-22(27)24-18-9-13-20(14-10-18)33(29,30)25(5-2)6-3/h7-14H,4-6,15-16H2,1-3H3,(H,24,27). The summed E-state index contributed by atoms with van der Waals surface area (Å²) in [5, 5.41) is 2.53. The van der Waals surface area contributed by atoms with Crippen LogP contribution in [0.3, 0.4) is 0 Å². The van der Waals surface area contributed by atoms with Gasteiger partial charge in [-0.1, -0.05) is 20.8 Å². The topological polar surface area (TPSA) is 119 Å². The largest absolute Gasteiger partial charge is 0.482 e. The van der Waals surface area contributed by atoms with Crippen molar-refractivity contribution >= 4 is 33.4 Å². The lowest BCUT2D eigenvalue weighted by atomic mass is 10.1. The zero-order valence-electron chi connectivity index (χ0n) is 18.9. The van der Waals surface area contributed by atoms with Crippen LogP contribution in [0.1, 0.15) is 37.6 Å². The molecule has 0 aromatic heterocycles. The number of Topliss-reactive ketones (excluding diaryl/α,β-unsaturated/α-hetero) is 1. The fraction of sp³-hybridized carbons (Fsp3) is 0.348. The van der Waals surface area contributed by atoms with Crippen LogP contribution in [-0.2, 0) is 24.3 Å². The quantitative estimate of drug-likeness (QED) is 0.369. The first-order valence-corrected chi connectivity index (χ1v) is 12.0. The molecule has 0 saturated heterocycles. The Morgan fingerprint density at radius 3 is 2.03 bits per heavy atom. The summed E-state index contributed by atoms with van der Waals surface area (Å²) in [6, 6.07) is 12.1. The number of ketones is 1. The van der Waals surface area contributed by atoms with Gasteiger partial charge in [0, 0.05) is 30.8 Å². The van der Waals surface area contributed by atoms with Crippen LogP contribution in [0.2, 0.25) is 0 Å². The zero-order chi connectivity index (χ0) is 24.4. The second kappa shape index (κ2) is 12.1. The van der Waals surface area contributed by atoms with Gasteiger partial charge < -0.3 is 14.8 Å². The first-order valence-electron chi connectivity index (χ1n) is 10.5. The van der Waals surface area contributed by atoms with Crippen molar-refractivity contribution in [3.8, 4) is 5.75 Å². The number of ether oxygens (including phenoxy) is 2. The van der Waals surface area contributed by atoms with Gasteiger partial charge in [-0.15, -0.1) is 0 Å². The molecule has 178 valence electrons. The maximum absolute atomic E-state index is 12.5. The van der Waals surface area contributed by atoms with Gasteiger partial charge >= 0.3 is 5.97 Å². The predicted molar refractivity (Wildman–Crippen MR) is 123 cm³/mol. The molecule has 2 rings (SSSR count). The van der Waals surface area contributed by atoms with Crippen molar-refractivity contribution in [1.82, 2.24) is 4.31 Å². The Morgan fingerprint density at radius 2 is 1.48 bits per heavy atom. The maximum Gasteiger partial charge on any atom is 0.344 e. The van der Waals surface area contributed by atoms with Crippen molar-refractivity contribution < 1.29 is 32.3 Å². The Balaban J connectivity index is 1.80. The van der Waals surface area contributed by atoms with Gasteiger partial charge in [-0.25, -0.2) is 13.2 Å². The lowest BCUT2D eigenvalue weighted by molar-refractivity contribution is -0.149. The van der Waals surface area contributed by atoms with E-state index in [4.69, 9.17) is 9.47 Å². The Kier molecular flexibility index (Phi) is 9.56. The van der Waals surface area contributed by atoms with E-state index in [-0.39, 0.29) is 10.7 Å². The molecule has 1 N–H and O–H groups in total. The summed E-state index contributed by atoms with van der Waals surface area (Å²) in [4.78, 5) is 35.6. The lowest BCUT2D eigenvalue weighted by Crippen LogP contribution is -2.30. The van der Waals surface area contributed by atoms with Crippen molar-refractivity contribution in [2.24, 2.45) is 0 Å². The van der Waals surface area contributed by atoms with E-state index < -0.39 is 35.1 Å². The number of carbonyl (C=O) groups excluding carboxylic acids is 3. The lowest BCUT2D eigenvalue weighted by Gasteiger charge is -2.18. The van der Waals surface area contributed by atoms with Gasteiger partial charge in [0.15, 0.2) is 19.0 Å². The molecule has 1 amide bonds. The van der Waals surface area contributed by atoms with Gasteiger partial charge in [0.25, 0.3) is 5.91 Å². The number of carbonyl (C=O) groups is 3. The Hall–Kier alpha value is -3.24. The van der Waals surface area contributed by atoms with Crippen LogP contribution in [0.5, 0.6) is 5.75 Å². The van der Waals surface area contributed by atoms with Gasteiger partial charge in [-0.05, 0) is 48.5 Å². The Bertz CT molecular complexity index is 1060. The molecule has 0 saturated carbocycles. The molecule has 0 heterocycles. The summed E-state index contributed by atoms with van der Waals surface area (Å²) in [6.07, 6.45) is 0.397.